The first-order chi connectivity index (χ1) is 19.1. The monoisotopic (exact) mass is 595 g/mol. The van der Waals surface area contributed by atoms with Crippen molar-refractivity contribution in [2.45, 2.75) is 64.4 Å². The molecule has 1 unspecified atom stereocenters. The van der Waals surface area contributed by atoms with E-state index in [-0.39, 0.29) is 29.6 Å². The summed E-state index contributed by atoms with van der Waals surface area (Å²) >= 11 is 0. The Hall–Kier alpha value is -3.85. The van der Waals surface area contributed by atoms with Crippen LogP contribution in [0.1, 0.15) is 38.1 Å². The predicted octanol–water partition coefficient (Wildman–Crippen LogP) is 4.41. The highest BCUT2D eigenvalue weighted by atomic mass is 19.4. The number of benzene rings is 1. The molecular weight excluding hydrogens is 567 g/mol. The van der Waals surface area contributed by atoms with E-state index in [1.165, 1.54) is 13.0 Å². The minimum absolute atomic E-state index is 0.00819. The maximum atomic E-state index is 13.9. The summed E-state index contributed by atoms with van der Waals surface area (Å²) in [5.41, 5.74) is 1.34. The second-order valence-corrected chi connectivity index (χ2v) is 9.44. The van der Waals surface area contributed by atoms with Crippen molar-refractivity contribution in [2.75, 3.05) is 29.9 Å². The molecule has 41 heavy (non-hydrogen) atoms. The van der Waals surface area contributed by atoms with Crippen LogP contribution in [0, 0.1) is 11.6 Å². The number of carbonyl (C=O) groups is 2. The maximum absolute atomic E-state index is 13.9. The highest BCUT2D eigenvalue weighted by Gasteiger charge is 2.38. The van der Waals surface area contributed by atoms with E-state index in [0.29, 0.717) is 56.1 Å². The van der Waals surface area contributed by atoms with E-state index >= 15 is 0 Å². The number of anilines is 2. The number of carboxylic acid groups (broad SMARTS) is 1. The fourth-order valence-corrected chi connectivity index (χ4v) is 4.36. The van der Waals surface area contributed by atoms with E-state index in [1.807, 2.05) is 11.8 Å². The number of carboxylic acids is 1. The number of nitrogens with zero attached hydrogens (tertiary/aromatic N) is 4. The van der Waals surface area contributed by atoms with Gasteiger partial charge < -0.3 is 25.0 Å². The van der Waals surface area contributed by atoms with Crippen LogP contribution >= 0.6 is 0 Å². The van der Waals surface area contributed by atoms with Crippen LogP contribution in [0.5, 0.6) is 5.75 Å². The Morgan fingerprint density at radius 3 is 2.32 bits per heavy atom. The van der Waals surface area contributed by atoms with Gasteiger partial charge in [-0.3, -0.25) is 4.79 Å². The third-order valence-corrected chi connectivity index (χ3v) is 6.37. The normalized spacial score (nSPS) is 17.5. The fourth-order valence-electron chi connectivity index (χ4n) is 4.36. The molecule has 0 saturated carbocycles. The first-order valence-electron chi connectivity index (χ1n) is 12.5. The molecule has 0 bridgehead atoms. The number of carbonyl (C=O) groups excluding carboxylic acids is 1. The number of hydrogen-bond donors (Lipinski definition) is 2. The van der Waals surface area contributed by atoms with Crippen LogP contribution < -0.4 is 15.0 Å². The molecule has 226 valence electrons. The summed E-state index contributed by atoms with van der Waals surface area (Å²) in [6, 6.07) is 3.12. The van der Waals surface area contributed by atoms with Gasteiger partial charge in [-0.15, -0.1) is 0 Å². The number of aromatic nitrogens is 2. The Bertz CT molecular complexity index is 1240. The number of ether oxygens (including phenoxy) is 1. The van der Waals surface area contributed by atoms with Gasteiger partial charge in [0.25, 0.3) is 6.43 Å². The molecule has 1 fully saturated rings. The van der Waals surface area contributed by atoms with E-state index in [0.717, 1.165) is 12.1 Å². The van der Waals surface area contributed by atoms with Gasteiger partial charge in [0.05, 0.1) is 24.5 Å². The van der Waals surface area contributed by atoms with E-state index < -0.39 is 36.8 Å². The summed E-state index contributed by atoms with van der Waals surface area (Å²) < 4.78 is 90.3. The Kier molecular flexibility index (Phi) is 10.2. The van der Waals surface area contributed by atoms with Crippen molar-refractivity contribution >= 4 is 23.5 Å². The van der Waals surface area contributed by atoms with Gasteiger partial charge in [-0.05, 0) is 19.1 Å². The van der Waals surface area contributed by atoms with Crippen molar-refractivity contribution in [3.05, 3.63) is 41.2 Å². The Labute approximate surface area is 230 Å². The van der Waals surface area contributed by atoms with Gasteiger partial charge in [-0.1, -0.05) is 0 Å². The summed E-state index contributed by atoms with van der Waals surface area (Å²) in [4.78, 5) is 33.9. The molecule has 0 spiro atoms. The topological polar surface area (TPSA) is 108 Å². The third-order valence-electron chi connectivity index (χ3n) is 6.37. The van der Waals surface area contributed by atoms with Gasteiger partial charge in [0, 0.05) is 51.4 Å². The summed E-state index contributed by atoms with van der Waals surface area (Å²) in [5, 5.41) is 9.84. The summed E-state index contributed by atoms with van der Waals surface area (Å²) in [6.45, 7) is 4.14. The third kappa shape index (κ3) is 8.57. The highest BCUT2D eigenvalue weighted by Crippen LogP contribution is 2.31. The van der Waals surface area contributed by atoms with Crippen LogP contribution in [0.3, 0.4) is 0 Å². The van der Waals surface area contributed by atoms with Crippen LogP contribution in [0.25, 0.3) is 0 Å². The Morgan fingerprint density at radius 1 is 1.15 bits per heavy atom. The first kappa shape index (κ1) is 31.7. The zero-order valence-electron chi connectivity index (χ0n) is 22.0. The highest BCUT2D eigenvalue weighted by molar-refractivity contribution is 5.74. The van der Waals surface area contributed by atoms with Crippen molar-refractivity contribution in [3.8, 4) is 5.75 Å². The number of halogens is 7. The largest absolute Gasteiger partial charge is 0.490 e. The number of hydrogen-bond acceptors (Lipinski definition) is 7. The molecule has 1 aromatic heterocycles. The SMILES string of the molecule is CC(=O)N1Cc2nc(N3CCC(Oc4ccc(F)cc4F)CC3)c(NCC(F)F)nc2CC1C.O=C(O)C(F)(F)F. The number of alkyl halides is 5. The number of nitrogens with one attached hydrogen (secondary N) is 1. The lowest BCUT2D eigenvalue weighted by Gasteiger charge is -2.36. The minimum Gasteiger partial charge on any atom is -0.487 e. The van der Waals surface area contributed by atoms with Gasteiger partial charge in [0.1, 0.15) is 11.9 Å². The smallest absolute Gasteiger partial charge is 0.487 e. The average molecular weight is 596 g/mol. The molecule has 2 aliphatic heterocycles. The average Bonchev–Trinajstić information content (AvgIpc) is 2.88. The molecule has 9 nitrogen and oxygen atoms in total. The fraction of sp³-hybridized carbons (Fsp3) is 0.520. The van der Waals surface area contributed by atoms with E-state index in [9.17, 15) is 35.5 Å². The summed E-state index contributed by atoms with van der Waals surface area (Å²) in [7, 11) is 0. The standard InChI is InChI=1S/C23H27F4N5O2.C2HF3O2/c1-13-9-18-19(12-32(13)14(2)33)30-23(22(29-18)28-11-21(26)27)31-7-5-16(6-8-31)34-20-4-3-15(24)10-17(20)25;3-2(4,5)1(6)7/h3-4,10,13,16,21H,5-9,11-12H2,1-2H3,(H,28,29);(H,6,7). The zero-order valence-corrected chi connectivity index (χ0v) is 22.0. The van der Waals surface area contributed by atoms with Crippen molar-refractivity contribution in [1.29, 1.82) is 0 Å². The molecule has 3 heterocycles. The molecule has 0 aliphatic carbocycles. The van der Waals surface area contributed by atoms with Gasteiger partial charge in [-0.2, -0.15) is 13.2 Å². The minimum atomic E-state index is -5.08. The molecule has 1 saturated heterocycles. The number of amides is 1. The van der Waals surface area contributed by atoms with Crippen molar-refractivity contribution in [3.63, 3.8) is 0 Å². The van der Waals surface area contributed by atoms with Gasteiger partial charge in [-0.25, -0.2) is 32.3 Å². The Balaban J connectivity index is 0.000000587. The van der Waals surface area contributed by atoms with Gasteiger partial charge >= 0.3 is 12.1 Å². The molecule has 0 radical (unpaired) electrons. The van der Waals surface area contributed by atoms with Gasteiger partial charge in [0.15, 0.2) is 23.2 Å². The zero-order chi connectivity index (χ0) is 30.5. The quantitative estimate of drug-likeness (QED) is 0.474. The molecule has 1 aromatic carbocycles. The summed E-state index contributed by atoms with van der Waals surface area (Å²) in [5.74, 6) is -3.53. The van der Waals surface area contributed by atoms with Crippen LogP contribution in [-0.2, 0) is 22.6 Å². The second-order valence-electron chi connectivity index (χ2n) is 9.44. The molecule has 2 N–H and O–H groups in total. The van der Waals surface area contributed by atoms with Crippen LogP contribution in [0.2, 0.25) is 0 Å². The van der Waals surface area contributed by atoms with Crippen molar-refractivity contribution in [2.24, 2.45) is 0 Å². The lowest BCUT2D eigenvalue weighted by Crippen LogP contribution is -2.43. The Morgan fingerprint density at radius 2 is 1.78 bits per heavy atom. The maximum Gasteiger partial charge on any atom is 0.490 e. The second kappa shape index (κ2) is 13.2. The molecule has 16 heteroatoms. The number of rotatable bonds is 6. The summed E-state index contributed by atoms with van der Waals surface area (Å²) in [6.07, 6.45) is -6.37. The van der Waals surface area contributed by atoms with E-state index in [2.05, 4.69) is 10.3 Å². The van der Waals surface area contributed by atoms with Crippen LogP contribution in [0.15, 0.2) is 18.2 Å². The van der Waals surface area contributed by atoms with Crippen LogP contribution in [-0.4, -0.2) is 76.2 Å². The molecule has 2 aliphatic rings. The molecule has 4 rings (SSSR count). The van der Waals surface area contributed by atoms with Crippen LogP contribution in [0.4, 0.5) is 42.4 Å². The first-order valence-corrected chi connectivity index (χ1v) is 12.5. The van der Waals surface area contributed by atoms with Gasteiger partial charge in [0.2, 0.25) is 5.91 Å². The number of aliphatic carboxylic acids is 1. The molecule has 2 aromatic rings. The lowest BCUT2D eigenvalue weighted by atomic mass is 10.0. The number of piperidine rings is 1. The van der Waals surface area contributed by atoms with E-state index in [1.54, 1.807) is 4.90 Å². The van der Waals surface area contributed by atoms with Crippen molar-refractivity contribution in [1.82, 2.24) is 14.9 Å². The predicted molar refractivity (Wildman–Crippen MR) is 132 cm³/mol. The van der Waals surface area contributed by atoms with Crippen molar-refractivity contribution < 1.29 is 50.2 Å². The lowest BCUT2D eigenvalue weighted by molar-refractivity contribution is -0.192. The number of fused-ring (bicyclic) bond motifs is 1. The molecule has 1 atom stereocenters. The molecule has 1 amide bonds. The van der Waals surface area contributed by atoms with E-state index in [4.69, 9.17) is 19.6 Å². The molecular formula is C25H28F7N5O4.